The summed E-state index contributed by atoms with van der Waals surface area (Å²) < 4.78 is 6.45. The van der Waals surface area contributed by atoms with E-state index in [4.69, 9.17) is 4.42 Å². The van der Waals surface area contributed by atoms with E-state index in [0.29, 0.717) is 5.76 Å². The van der Waals surface area contributed by atoms with Crippen LogP contribution in [0, 0.1) is 10.1 Å². The Kier molecular flexibility index (Phi) is 4.97. The number of anilines is 1. The number of carbonyl (C=O) groups is 2. The summed E-state index contributed by atoms with van der Waals surface area (Å²) in [4.78, 5) is 35.4. The molecule has 3 aromatic rings. The van der Waals surface area contributed by atoms with E-state index in [1.54, 1.807) is 19.2 Å². The number of hydrogen-bond donors (Lipinski definition) is 2. The highest BCUT2D eigenvalue weighted by molar-refractivity contribution is 6.10. The Morgan fingerprint density at radius 1 is 1.22 bits per heavy atom. The van der Waals surface area contributed by atoms with Crippen LogP contribution < -0.4 is 10.6 Å². The van der Waals surface area contributed by atoms with Gasteiger partial charge in [0.2, 0.25) is 0 Å². The monoisotopic (exact) mass is 369 g/mol. The van der Waals surface area contributed by atoms with Crippen molar-refractivity contribution in [2.24, 2.45) is 7.05 Å². The molecule has 27 heavy (non-hydrogen) atoms. The third-order valence-electron chi connectivity index (χ3n) is 3.75. The summed E-state index contributed by atoms with van der Waals surface area (Å²) in [5, 5.41) is 20.2. The molecule has 2 heterocycles. The number of para-hydroxylation sites is 1. The molecule has 2 N–H and O–H groups in total. The van der Waals surface area contributed by atoms with Crippen molar-refractivity contribution in [2.45, 2.75) is 6.54 Å². The standard InChI is InChI=1S/C17H15N5O5/c1-21-15(17(24)18-9-11-5-4-8-27-11)13(10-19-21)20-16(23)12-6-2-3-7-14(12)22(25)26/h2-8,10H,9H2,1H3,(H,18,24)(H,20,23). The molecule has 0 saturated carbocycles. The lowest BCUT2D eigenvalue weighted by molar-refractivity contribution is -0.385. The average molecular weight is 369 g/mol. The summed E-state index contributed by atoms with van der Waals surface area (Å²) in [6.45, 7) is 0.161. The van der Waals surface area contributed by atoms with E-state index in [-0.39, 0.29) is 29.2 Å². The van der Waals surface area contributed by atoms with Crippen LogP contribution in [0.2, 0.25) is 0 Å². The molecule has 0 saturated heterocycles. The van der Waals surface area contributed by atoms with Crippen LogP contribution >= 0.6 is 0 Å². The number of nitrogens with one attached hydrogen (secondary N) is 2. The highest BCUT2D eigenvalue weighted by Gasteiger charge is 2.23. The number of furan rings is 1. The first-order valence-electron chi connectivity index (χ1n) is 7.84. The molecule has 0 bridgehead atoms. The molecule has 138 valence electrons. The van der Waals surface area contributed by atoms with Crippen molar-refractivity contribution in [1.29, 1.82) is 0 Å². The van der Waals surface area contributed by atoms with Gasteiger partial charge in [0.05, 0.1) is 29.6 Å². The number of nitrogens with zero attached hydrogens (tertiary/aromatic N) is 3. The number of nitro groups is 1. The summed E-state index contributed by atoms with van der Waals surface area (Å²) in [5.41, 5.74) is -0.206. The van der Waals surface area contributed by atoms with Crippen molar-refractivity contribution < 1.29 is 18.9 Å². The molecule has 0 fully saturated rings. The maximum Gasteiger partial charge on any atom is 0.282 e. The van der Waals surface area contributed by atoms with E-state index in [2.05, 4.69) is 15.7 Å². The third-order valence-corrected chi connectivity index (χ3v) is 3.75. The minimum absolute atomic E-state index is 0.105. The molecule has 3 rings (SSSR count). The van der Waals surface area contributed by atoms with E-state index in [1.807, 2.05) is 0 Å². The number of aromatic nitrogens is 2. The maximum absolute atomic E-state index is 12.5. The minimum Gasteiger partial charge on any atom is -0.467 e. The molecule has 0 unspecified atom stereocenters. The first-order valence-corrected chi connectivity index (χ1v) is 7.84. The van der Waals surface area contributed by atoms with E-state index in [9.17, 15) is 19.7 Å². The summed E-state index contributed by atoms with van der Waals surface area (Å²) in [5.74, 6) is -0.629. The van der Waals surface area contributed by atoms with Gasteiger partial charge in [-0.15, -0.1) is 0 Å². The van der Waals surface area contributed by atoms with Gasteiger partial charge in [0.25, 0.3) is 17.5 Å². The van der Waals surface area contributed by atoms with Gasteiger partial charge in [-0.3, -0.25) is 24.4 Å². The lowest BCUT2D eigenvalue weighted by Gasteiger charge is -2.08. The topological polar surface area (TPSA) is 132 Å². The maximum atomic E-state index is 12.5. The van der Waals surface area contributed by atoms with Gasteiger partial charge < -0.3 is 15.1 Å². The molecule has 10 nitrogen and oxygen atoms in total. The second-order valence-electron chi connectivity index (χ2n) is 5.52. The second-order valence-corrected chi connectivity index (χ2v) is 5.52. The molecule has 0 aliphatic rings. The van der Waals surface area contributed by atoms with Crippen molar-refractivity contribution >= 4 is 23.2 Å². The molecule has 2 aromatic heterocycles. The molecular weight excluding hydrogens is 354 g/mol. The minimum atomic E-state index is -0.713. The van der Waals surface area contributed by atoms with Crippen molar-refractivity contribution in [3.63, 3.8) is 0 Å². The van der Waals surface area contributed by atoms with Crippen LogP contribution in [-0.2, 0) is 13.6 Å². The Morgan fingerprint density at radius 2 is 2.00 bits per heavy atom. The number of nitro benzene ring substituents is 1. The highest BCUT2D eigenvalue weighted by atomic mass is 16.6. The van der Waals surface area contributed by atoms with Gasteiger partial charge in [-0.05, 0) is 18.2 Å². The average Bonchev–Trinajstić information content (AvgIpc) is 3.29. The molecule has 0 aliphatic carbocycles. The van der Waals surface area contributed by atoms with Gasteiger partial charge in [0, 0.05) is 13.1 Å². The molecule has 0 aliphatic heterocycles. The fourth-order valence-corrected chi connectivity index (χ4v) is 2.48. The van der Waals surface area contributed by atoms with Crippen LogP contribution in [0.1, 0.15) is 26.6 Å². The van der Waals surface area contributed by atoms with E-state index < -0.39 is 16.7 Å². The summed E-state index contributed by atoms with van der Waals surface area (Å²) in [6.07, 6.45) is 2.79. The van der Waals surface area contributed by atoms with Gasteiger partial charge in [0.15, 0.2) is 0 Å². The lowest BCUT2D eigenvalue weighted by Crippen LogP contribution is -2.26. The van der Waals surface area contributed by atoms with Crippen LogP contribution in [0.3, 0.4) is 0 Å². The quantitative estimate of drug-likeness (QED) is 0.505. The fourth-order valence-electron chi connectivity index (χ4n) is 2.48. The van der Waals surface area contributed by atoms with E-state index in [1.165, 1.54) is 41.4 Å². The molecule has 10 heteroatoms. The van der Waals surface area contributed by atoms with Gasteiger partial charge >= 0.3 is 0 Å². The summed E-state index contributed by atoms with van der Waals surface area (Å²) in [6, 6.07) is 8.95. The molecule has 0 radical (unpaired) electrons. The van der Waals surface area contributed by atoms with Crippen molar-refractivity contribution in [3.8, 4) is 0 Å². The largest absolute Gasteiger partial charge is 0.467 e. The predicted molar refractivity (Wildman–Crippen MR) is 94.1 cm³/mol. The Balaban J connectivity index is 1.79. The number of hydrogen-bond acceptors (Lipinski definition) is 6. The highest BCUT2D eigenvalue weighted by Crippen LogP contribution is 2.21. The van der Waals surface area contributed by atoms with Gasteiger partial charge in [-0.2, -0.15) is 5.10 Å². The number of rotatable bonds is 6. The van der Waals surface area contributed by atoms with Gasteiger partial charge in [-0.1, -0.05) is 12.1 Å². The number of amides is 2. The normalized spacial score (nSPS) is 10.4. The fraction of sp³-hybridized carbons (Fsp3) is 0.118. The van der Waals surface area contributed by atoms with E-state index in [0.717, 1.165) is 0 Å². The molecule has 0 atom stereocenters. The van der Waals surface area contributed by atoms with Crippen molar-refractivity contribution in [1.82, 2.24) is 15.1 Å². The van der Waals surface area contributed by atoms with Crippen molar-refractivity contribution in [3.05, 3.63) is 76.0 Å². The number of benzene rings is 1. The SMILES string of the molecule is Cn1ncc(NC(=O)c2ccccc2[N+](=O)[O-])c1C(=O)NCc1ccco1. The molecule has 2 amide bonds. The van der Waals surface area contributed by atoms with E-state index >= 15 is 0 Å². The van der Waals surface area contributed by atoms with Crippen molar-refractivity contribution in [2.75, 3.05) is 5.32 Å². The summed E-state index contributed by atoms with van der Waals surface area (Å²) >= 11 is 0. The zero-order valence-corrected chi connectivity index (χ0v) is 14.2. The molecular formula is C17H15N5O5. The molecule has 0 spiro atoms. The Labute approximate surface area is 152 Å². The van der Waals surface area contributed by atoms with Crippen LogP contribution in [0.15, 0.2) is 53.3 Å². The molecule has 1 aromatic carbocycles. The lowest BCUT2D eigenvalue weighted by atomic mass is 10.1. The Hall–Kier alpha value is -3.95. The number of aryl methyl sites for hydroxylation is 1. The van der Waals surface area contributed by atoms with Gasteiger partial charge in [-0.25, -0.2) is 0 Å². The second kappa shape index (κ2) is 7.52. The third kappa shape index (κ3) is 3.84. The first kappa shape index (κ1) is 17.9. The van der Waals surface area contributed by atoms with Crippen LogP contribution in [0.4, 0.5) is 11.4 Å². The first-order chi connectivity index (χ1) is 13.0. The Morgan fingerprint density at radius 3 is 2.70 bits per heavy atom. The zero-order chi connectivity index (χ0) is 19.4. The van der Waals surface area contributed by atoms with Gasteiger partial charge in [0.1, 0.15) is 17.0 Å². The Bertz CT molecular complexity index is 993. The smallest absolute Gasteiger partial charge is 0.282 e. The summed E-state index contributed by atoms with van der Waals surface area (Å²) in [7, 11) is 1.54. The predicted octanol–water partition coefficient (Wildman–Crippen LogP) is 2.10. The van der Waals surface area contributed by atoms with Crippen LogP contribution in [0.5, 0.6) is 0 Å². The van der Waals surface area contributed by atoms with Crippen LogP contribution in [0.25, 0.3) is 0 Å². The number of carbonyl (C=O) groups excluding carboxylic acids is 2. The zero-order valence-electron chi connectivity index (χ0n) is 14.2. The van der Waals surface area contributed by atoms with Crippen LogP contribution in [-0.4, -0.2) is 26.5 Å².